The van der Waals surface area contributed by atoms with Crippen LogP contribution in [0.5, 0.6) is 11.5 Å². The van der Waals surface area contributed by atoms with Gasteiger partial charge in [0, 0.05) is 18.2 Å². The highest BCUT2D eigenvalue weighted by atomic mass is 32.2. The number of rotatable bonds is 5. The minimum atomic E-state index is -0.233. The fourth-order valence-electron chi connectivity index (χ4n) is 2.51. The summed E-state index contributed by atoms with van der Waals surface area (Å²) in [5.74, 6) is 0.939. The second kappa shape index (κ2) is 8.62. The highest BCUT2D eigenvalue weighted by Gasteiger charge is 2.24. The lowest BCUT2D eigenvalue weighted by Crippen LogP contribution is -2.19. The van der Waals surface area contributed by atoms with Crippen molar-refractivity contribution in [3.63, 3.8) is 0 Å². The number of anilines is 1. The number of aliphatic imine (C=N–C) groups is 1. The molecular formula is C20H19N3O4S. The summed E-state index contributed by atoms with van der Waals surface area (Å²) >= 11 is 1.24. The van der Waals surface area contributed by atoms with Crippen molar-refractivity contribution in [2.24, 2.45) is 4.99 Å². The molecule has 1 aliphatic heterocycles. The van der Waals surface area contributed by atoms with Crippen LogP contribution in [0.1, 0.15) is 12.5 Å². The number of carbonyl (C=O) groups excluding carboxylic acids is 2. The fraction of sp³-hybridized carbons (Fsp3) is 0.150. The molecule has 1 fully saturated rings. The molecule has 0 spiro atoms. The molecule has 2 aromatic rings. The summed E-state index contributed by atoms with van der Waals surface area (Å²) < 4.78 is 10.6. The van der Waals surface area contributed by atoms with E-state index in [4.69, 9.17) is 9.47 Å². The number of methoxy groups -OCH3 is 2. The summed E-state index contributed by atoms with van der Waals surface area (Å²) in [6.45, 7) is 1.45. The van der Waals surface area contributed by atoms with Crippen molar-refractivity contribution in [1.29, 1.82) is 0 Å². The number of ether oxygens (including phenoxy) is 2. The molecule has 1 saturated heterocycles. The minimum absolute atomic E-state index is 0.138. The number of nitrogens with one attached hydrogen (secondary N) is 2. The molecule has 0 radical (unpaired) electrons. The zero-order valence-electron chi connectivity index (χ0n) is 15.6. The van der Waals surface area contributed by atoms with Crippen LogP contribution in [0.15, 0.2) is 52.4 Å². The summed E-state index contributed by atoms with van der Waals surface area (Å²) in [7, 11) is 3.15. The van der Waals surface area contributed by atoms with Crippen LogP contribution in [0.3, 0.4) is 0 Å². The Labute approximate surface area is 166 Å². The summed E-state index contributed by atoms with van der Waals surface area (Å²) in [5.41, 5.74) is 2.09. The van der Waals surface area contributed by atoms with Crippen LogP contribution in [0.25, 0.3) is 6.08 Å². The maximum Gasteiger partial charge on any atom is 0.264 e. The van der Waals surface area contributed by atoms with Gasteiger partial charge in [-0.2, -0.15) is 0 Å². The number of amidine groups is 1. The first-order chi connectivity index (χ1) is 13.5. The molecule has 28 heavy (non-hydrogen) atoms. The van der Waals surface area contributed by atoms with Crippen LogP contribution in [0, 0.1) is 0 Å². The van der Waals surface area contributed by atoms with Crippen LogP contribution in [-0.4, -0.2) is 31.2 Å². The number of hydrogen-bond donors (Lipinski definition) is 2. The lowest BCUT2D eigenvalue weighted by Gasteiger charge is -2.07. The minimum Gasteiger partial charge on any atom is -0.497 e. The molecule has 0 aromatic heterocycles. The first-order valence-corrected chi connectivity index (χ1v) is 9.19. The molecule has 0 unspecified atom stereocenters. The average molecular weight is 397 g/mol. The van der Waals surface area contributed by atoms with Gasteiger partial charge >= 0.3 is 0 Å². The number of nitrogens with zero attached hydrogens (tertiary/aromatic N) is 1. The molecule has 2 N–H and O–H groups in total. The Hall–Kier alpha value is -3.26. The summed E-state index contributed by atoms with van der Waals surface area (Å²) in [5, 5.41) is 5.92. The fourth-order valence-corrected chi connectivity index (χ4v) is 3.35. The van der Waals surface area contributed by atoms with Crippen molar-refractivity contribution >= 4 is 46.2 Å². The molecule has 1 heterocycles. The van der Waals surface area contributed by atoms with Crippen LogP contribution >= 0.6 is 11.8 Å². The molecule has 0 atom stereocenters. The predicted octanol–water partition coefficient (Wildman–Crippen LogP) is 3.55. The van der Waals surface area contributed by atoms with Crippen LogP contribution in [0.2, 0.25) is 0 Å². The maximum absolute atomic E-state index is 12.3. The second-order valence-corrected chi connectivity index (χ2v) is 6.85. The number of benzene rings is 2. The molecule has 0 aliphatic carbocycles. The largest absolute Gasteiger partial charge is 0.497 e. The Morgan fingerprint density at radius 1 is 1.14 bits per heavy atom. The zero-order valence-corrected chi connectivity index (χ0v) is 16.4. The van der Waals surface area contributed by atoms with E-state index in [-0.39, 0.29) is 11.8 Å². The Kier molecular flexibility index (Phi) is 6.00. The number of thioether (sulfide) groups is 1. The third-order valence-electron chi connectivity index (χ3n) is 3.79. The van der Waals surface area contributed by atoms with Crippen molar-refractivity contribution in [1.82, 2.24) is 5.32 Å². The molecule has 3 rings (SSSR count). The normalized spacial score (nSPS) is 16.2. The van der Waals surface area contributed by atoms with Gasteiger partial charge < -0.3 is 20.1 Å². The van der Waals surface area contributed by atoms with Gasteiger partial charge in [0.25, 0.3) is 5.91 Å². The highest BCUT2D eigenvalue weighted by molar-refractivity contribution is 8.18. The zero-order chi connectivity index (χ0) is 20.1. The van der Waals surface area contributed by atoms with E-state index in [9.17, 15) is 9.59 Å². The van der Waals surface area contributed by atoms with Crippen molar-refractivity contribution in [2.45, 2.75) is 6.92 Å². The third kappa shape index (κ3) is 4.72. The van der Waals surface area contributed by atoms with E-state index in [1.165, 1.54) is 18.7 Å². The molecule has 1 aliphatic rings. The molecule has 7 nitrogen and oxygen atoms in total. The van der Waals surface area contributed by atoms with Crippen molar-refractivity contribution in [3.05, 3.63) is 52.9 Å². The summed E-state index contributed by atoms with van der Waals surface area (Å²) in [4.78, 5) is 28.3. The quantitative estimate of drug-likeness (QED) is 0.753. The van der Waals surface area contributed by atoms with Crippen LogP contribution in [0.4, 0.5) is 11.4 Å². The van der Waals surface area contributed by atoms with E-state index >= 15 is 0 Å². The van der Waals surface area contributed by atoms with Crippen molar-refractivity contribution < 1.29 is 19.1 Å². The van der Waals surface area contributed by atoms with E-state index in [1.807, 2.05) is 0 Å². The molecule has 2 aromatic carbocycles. The van der Waals surface area contributed by atoms with Gasteiger partial charge in [0.1, 0.15) is 11.5 Å². The van der Waals surface area contributed by atoms with E-state index in [0.717, 1.165) is 5.56 Å². The Bertz CT molecular complexity index is 968. The van der Waals surface area contributed by atoms with Gasteiger partial charge in [0.05, 0.1) is 24.8 Å². The Balaban J connectivity index is 1.81. The number of carbonyl (C=O) groups is 2. The van der Waals surface area contributed by atoms with E-state index in [2.05, 4.69) is 15.6 Å². The van der Waals surface area contributed by atoms with Gasteiger partial charge in [0.15, 0.2) is 5.17 Å². The Morgan fingerprint density at radius 2 is 1.89 bits per heavy atom. The van der Waals surface area contributed by atoms with E-state index in [1.54, 1.807) is 62.8 Å². The first-order valence-electron chi connectivity index (χ1n) is 8.38. The maximum atomic E-state index is 12.3. The molecular weight excluding hydrogens is 378 g/mol. The van der Waals surface area contributed by atoms with Gasteiger partial charge in [-0.25, -0.2) is 4.99 Å². The standard InChI is InChI=1S/C20H19N3O4S/c1-12(24)21-14-4-6-15(7-5-14)22-20-23-19(25)18(28-20)11-13-10-16(26-2)8-9-17(13)27-3/h4-11H,1-3H3,(H,21,24)(H,22,23,25)/b18-11-. The molecule has 8 heteroatoms. The van der Waals surface area contributed by atoms with E-state index in [0.29, 0.717) is 32.9 Å². The molecule has 0 saturated carbocycles. The molecule has 2 amide bonds. The Morgan fingerprint density at radius 3 is 2.54 bits per heavy atom. The van der Waals surface area contributed by atoms with Crippen LogP contribution in [-0.2, 0) is 9.59 Å². The van der Waals surface area contributed by atoms with Crippen LogP contribution < -0.4 is 20.1 Å². The third-order valence-corrected chi connectivity index (χ3v) is 4.70. The topological polar surface area (TPSA) is 89.0 Å². The highest BCUT2D eigenvalue weighted by Crippen LogP contribution is 2.32. The van der Waals surface area contributed by atoms with Gasteiger partial charge in [-0.15, -0.1) is 0 Å². The monoisotopic (exact) mass is 397 g/mol. The number of hydrogen-bond acceptors (Lipinski definition) is 6. The van der Waals surface area contributed by atoms with Crippen molar-refractivity contribution in [3.8, 4) is 11.5 Å². The lowest BCUT2D eigenvalue weighted by atomic mass is 10.1. The summed E-state index contributed by atoms with van der Waals surface area (Å²) in [6, 6.07) is 12.4. The number of amides is 2. The molecule has 144 valence electrons. The van der Waals surface area contributed by atoms with Gasteiger partial charge in [-0.1, -0.05) is 0 Å². The summed E-state index contributed by atoms with van der Waals surface area (Å²) in [6.07, 6.45) is 1.74. The van der Waals surface area contributed by atoms with Gasteiger partial charge in [0.2, 0.25) is 5.91 Å². The second-order valence-electron chi connectivity index (χ2n) is 5.82. The molecule has 0 bridgehead atoms. The SMILES string of the molecule is COc1ccc(OC)c(/C=C2\SC(=Nc3ccc(NC(C)=O)cc3)NC2=O)c1. The smallest absolute Gasteiger partial charge is 0.264 e. The first kappa shape index (κ1) is 19.5. The average Bonchev–Trinajstić information content (AvgIpc) is 3.01. The predicted molar refractivity (Wildman–Crippen MR) is 111 cm³/mol. The van der Waals surface area contributed by atoms with Crippen molar-refractivity contribution in [2.75, 3.05) is 19.5 Å². The lowest BCUT2D eigenvalue weighted by molar-refractivity contribution is -0.115. The van der Waals surface area contributed by atoms with E-state index < -0.39 is 0 Å². The van der Waals surface area contributed by atoms with Gasteiger partial charge in [-0.05, 0) is 60.3 Å². The van der Waals surface area contributed by atoms with Gasteiger partial charge in [-0.3, -0.25) is 9.59 Å².